The van der Waals surface area contributed by atoms with Crippen molar-refractivity contribution in [2.24, 2.45) is 0 Å². The Kier molecular flexibility index (Phi) is 4.39. The second-order valence-corrected chi connectivity index (χ2v) is 7.84. The molecule has 0 radical (unpaired) electrons. The first kappa shape index (κ1) is 16.4. The molecule has 1 N–H and O–H groups in total. The molecule has 0 bridgehead atoms. The van der Waals surface area contributed by atoms with Gasteiger partial charge in [0.05, 0.1) is 11.9 Å². The van der Waals surface area contributed by atoms with Gasteiger partial charge >= 0.3 is 6.09 Å². The summed E-state index contributed by atoms with van der Waals surface area (Å²) in [6.07, 6.45) is 3.62. The molecule has 1 aliphatic heterocycles. The van der Waals surface area contributed by atoms with Crippen LogP contribution in [0.4, 0.5) is 10.5 Å². The van der Waals surface area contributed by atoms with Crippen LogP contribution in [0.5, 0.6) is 0 Å². The highest BCUT2D eigenvalue weighted by Gasteiger charge is 2.26. The normalized spacial score (nSPS) is 16.0. The fourth-order valence-electron chi connectivity index (χ4n) is 2.61. The number of aromatic nitrogens is 2. The van der Waals surface area contributed by atoms with Crippen molar-refractivity contribution >= 4 is 45.4 Å². The van der Waals surface area contributed by atoms with Crippen LogP contribution in [0, 0.1) is 3.57 Å². The molecule has 2 aromatic heterocycles. The quantitative estimate of drug-likeness (QED) is 0.709. The smallest absolute Gasteiger partial charge is 0.410 e. The molecule has 0 spiro atoms. The van der Waals surface area contributed by atoms with Gasteiger partial charge in [-0.15, -0.1) is 0 Å². The first-order valence-corrected chi connectivity index (χ1v) is 8.77. The molecule has 0 aliphatic carbocycles. The number of carbonyl (C=O) groups is 1. The van der Waals surface area contributed by atoms with Crippen molar-refractivity contribution < 1.29 is 9.53 Å². The molecule has 0 saturated carbocycles. The van der Waals surface area contributed by atoms with Gasteiger partial charge in [0.1, 0.15) is 11.2 Å². The highest BCUT2D eigenvalue weighted by molar-refractivity contribution is 14.1. The number of hydrogen-bond donors (Lipinski definition) is 1. The van der Waals surface area contributed by atoms with Gasteiger partial charge in [-0.2, -0.15) is 0 Å². The molecule has 0 aromatic carbocycles. The zero-order valence-electron chi connectivity index (χ0n) is 13.6. The Morgan fingerprint density at radius 2 is 2.00 bits per heavy atom. The van der Waals surface area contributed by atoms with Gasteiger partial charge in [-0.25, -0.2) is 9.78 Å². The van der Waals surface area contributed by atoms with Crippen LogP contribution < -0.4 is 4.90 Å². The summed E-state index contributed by atoms with van der Waals surface area (Å²) in [5.74, 6) is 0. The molecule has 1 amide bonds. The van der Waals surface area contributed by atoms with Crippen molar-refractivity contribution in [2.75, 3.05) is 31.1 Å². The summed E-state index contributed by atoms with van der Waals surface area (Å²) in [6, 6.07) is 2.16. The Morgan fingerprint density at radius 1 is 1.30 bits per heavy atom. The second kappa shape index (κ2) is 6.18. The van der Waals surface area contributed by atoms with Crippen LogP contribution in [0.2, 0.25) is 0 Å². The van der Waals surface area contributed by atoms with Gasteiger partial charge in [0.25, 0.3) is 0 Å². The molecule has 1 aliphatic rings. The number of nitrogens with zero attached hydrogens (tertiary/aromatic N) is 3. The summed E-state index contributed by atoms with van der Waals surface area (Å²) < 4.78 is 6.60. The third-order valence-corrected chi connectivity index (χ3v) is 4.66. The van der Waals surface area contributed by atoms with Crippen molar-refractivity contribution in [3.05, 3.63) is 22.0 Å². The first-order valence-electron chi connectivity index (χ1n) is 7.69. The van der Waals surface area contributed by atoms with Crippen LogP contribution in [0.3, 0.4) is 0 Å². The predicted molar refractivity (Wildman–Crippen MR) is 98.8 cm³/mol. The standard InChI is InChI=1S/C16H21IN4O2/c1-16(2,3)23-15(22)21-6-4-20(5-7-21)11-8-12-13(17)10-19-14(12)18-9-11/h8-10H,4-7H2,1-3H3,(H,18,19). The van der Waals surface area contributed by atoms with E-state index in [1.54, 1.807) is 4.90 Å². The SMILES string of the molecule is CC(C)(C)OC(=O)N1CCN(c2cnc3[nH]cc(I)c3c2)CC1. The number of ether oxygens (including phenoxy) is 1. The van der Waals surface area contributed by atoms with Gasteiger partial charge in [0.2, 0.25) is 0 Å². The van der Waals surface area contributed by atoms with Gasteiger partial charge in [0, 0.05) is 41.3 Å². The highest BCUT2D eigenvalue weighted by Crippen LogP contribution is 2.24. The van der Waals surface area contributed by atoms with Gasteiger partial charge in [-0.3, -0.25) is 0 Å². The van der Waals surface area contributed by atoms with Crippen LogP contribution in [-0.2, 0) is 4.74 Å². The van der Waals surface area contributed by atoms with E-state index in [1.807, 2.05) is 33.2 Å². The van der Waals surface area contributed by atoms with E-state index in [9.17, 15) is 4.79 Å². The van der Waals surface area contributed by atoms with E-state index in [1.165, 1.54) is 3.57 Å². The molecule has 1 saturated heterocycles. The fourth-order valence-corrected chi connectivity index (χ4v) is 3.17. The monoisotopic (exact) mass is 428 g/mol. The van der Waals surface area contributed by atoms with E-state index in [-0.39, 0.29) is 6.09 Å². The Balaban J connectivity index is 1.66. The number of rotatable bonds is 1. The number of anilines is 1. The average molecular weight is 428 g/mol. The zero-order valence-corrected chi connectivity index (χ0v) is 15.8. The molecule has 6 nitrogen and oxygen atoms in total. The number of fused-ring (bicyclic) bond motifs is 1. The minimum atomic E-state index is -0.450. The molecular weight excluding hydrogens is 407 g/mol. The molecule has 0 unspecified atom stereocenters. The number of H-pyrrole nitrogens is 1. The van der Waals surface area contributed by atoms with Crippen LogP contribution in [0.1, 0.15) is 20.8 Å². The molecule has 3 rings (SSSR count). The number of aromatic amines is 1. The molecule has 7 heteroatoms. The number of pyridine rings is 1. The number of hydrogen-bond acceptors (Lipinski definition) is 4. The van der Waals surface area contributed by atoms with Crippen molar-refractivity contribution in [3.8, 4) is 0 Å². The minimum absolute atomic E-state index is 0.231. The lowest BCUT2D eigenvalue weighted by atomic mass is 10.2. The van der Waals surface area contributed by atoms with Crippen LogP contribution in [0.15, 0.2) is 18.5 Å². The topological polar surface area (TPSA) is 61.5 Å². The summed E-state index contributed by atoms with van der Waals surface area (Å²) >= 11 is 2.31. The first-order chi connectivity index (χ1) is 10.8. The van der Waals surface area contributed by atoms with E-state index in [0.29, 0.717) is 13.1 Å². The minimum Gasteiger partial charge on any atom is -0.444 e. The highest BCUT2D eigenvalue weighted by atomic mass is 127. The lowest BCUT2D eigenvalue weighted by Crippen LogP contribution is -2.50. The zero-order chi connectivity index (χ0) is 16.6. The molecule has 2 aromatic rings. The lowest BCUT2D eigenvalue weighted by molar-refractivity contribution is 0.0240. The summed E-state index contributed by atoms with van der Waals surface area (Å²) in [5.41, 5.74) is 1.55. The maximum absolute atomic E-state index is 12.1. The largest absolute Gasteiger partial charge is 0.444 e. The Labute approximate surface area is 149 Å². The summed E-state index contributed by atoms with van der Waals surface area (Å²) in [7, 11) is 0. The van der Waals surface area contributed by atoms with Crippen molar-refractivity contribution in [2.45, 2.75) is 26.4 Å². The maximum Gasteiger partial charge on any atom is 0.410 e. The summed E-state index contributed by atoms with van der Waals surface area (Å²) in [6.45, 7) is 8.57. The third-order valence-electron chi connectivity index (χ3n) is 3.76. The third kappa shape index (κ3) is 3.70. The molecule has 0 atom stereocenters. The molecule has 1 fully saturated rings. The molecule has 23 heavy (non-hydrogen) atoms. The van der Waals surface area contributed by atoms with Crippen LogP contribution >= 0.6 is 22.6 Å². The van der Waals surface area contributed by atoms with Gasteiger partial charge in [-0.1, -0.05) is 0 Å². The lowest BCUT2D eigenvalue weighted by Gasteiger charge is -2.36. The number of amides is 1. The fraction of sp³-hybridized carbons (Fsp3) is 0.500. The van der Waals surface area contributed by atoms with E-state index in [0.717, 1.165) is 29.8 Å². The van der Waals surface area contributed by atoms with E-state index in [4.69, 9.17) is 4.74 Å². The molecular formula is C16H21IN4O2. The number of piperazine rings is 1. The Morgan fingerprint density at radius 3 is 2.65 bits per heavy atom. The van der Waals surface area contributed by atoms with E-state index in [2.05, 4.69) is 43.5 Å². The van der Waals surface area contributed by atoms with Gasteiger partial charge in [0.15, 0.2) is 0 Å². The number of carbonyl (C=O) groups excluding carboxylic acids is 1. The van der Waals surface area contributed by atoms with Crippen LogP contribution in [0.25, 0.3) is 11.0 Å². The summed E-state index contributed by atoms with van der Waals surface area (Å²) in [4.78, 5) is 23.8. The Hall–Kier alpha value is -1.51. The molecule has 124 valence electrons. The Bertz CT molecular complexity index is 714. The average Bonchev–Trinajstić information content (AvgIpc) is 2.87. The summed E-state index contributed by atoms with van der Waals surface area (Å²) in [5, 5.41) is 1.14. The second-order valence-electron chi connectivity index (χ2n) is 6.68. The van der Waals surface area contributed by atoms with Gasteiger partial charge in [-0.05, 0) is 49.4 Å². The van der Waals surface area contributed by atoms with E-state index >= 15 is 0 Å². The van der Waals surface area contributed by atoms with Gasteiger partial charge < -0.3 is 19.5 Å². The molecule has 3 heterocycles. The predicted octanol–water partition coefficient (Wildman–Crippen LogP) is 3.22. The van der Waals surface area contributed by atoms with E-state index < -0.39 is 5.60 Å². The van der Waals surface area contributed by atoms with Crippen LogP contribution in [-0.4, -0.2) is 52.7 Å². The van der Waals surface area contributed by atoms with Crippen molar-refractivity contribution in [1.82, 2.24) is 14.9 Å². The number of nitrogens with one attached hydrogen (secondary N) is 1. The maximum atomic E-state index is 12.1. The van der Waals surface area contributed by atoms with Crippen molar-refractivity contribution in [1.29, 1.82) is 0 Å². The van der Waals surface area contributed by atoms with Crippen molar-refractivity contribution in [3.63, 3.8) is 0 Å². The number of halogens is 1.